The predicted octanol–water partition coefficient (Wildman–Crippen LogP) is 0.266. The minimum atomic E-state index is 0. The van der Waals surface area contributed by atoms with Crippen LogP contribution in [0.25, 0.3) is 0 Å². The Kier molecular flexibility index (Phi) is 5.65. The van der Waals surface area contributed by atoms with Gasteiger partial charge < -0.3 is 0 Å². The van der Waals surface area contributed by atoms with Crippen LogP contribution in [0.4, 0.5) is 0 Å². The van der Waals surface area contributed by atoms with Crippen LogP contribution in [-0.2, 0) is 0 Å². The van der Waals surface area contributed by atoms with E-state index in [2.05, 4.69) is 41.5 Å². The Hall–Kier alpha value is 1.03. The summed E-state index contributed by atoms with van der Waals surface area (Å²) in [5.41, 5.74) is 0. The molecule has 10 heavy (non-hydrogen) atoms. The average molecular weight is 153 g/mol. The van der Waals surface area contributed by atoms with Gasteiger partial charge in [-0.2, -0.15) is 0 Å². The fourth-order valence-corrected chi connectivity index (χ4v) is 3.38. The van der Waals surface area contributed by atoms with Crippen LogP contribution < -0.4 is 18.9 Å². The molecular weight excluding hydrogens is 134 g/mol. The van der Waals surface area contributed by atoms with Crippen molar-refractivity contribution < 1.29 is 18.9 Å². The van der Waals surface area contributed by atoms with E-state index >= 15 is 0 Å². The van der Waals surface area contributed by atoms with Gasteiger partial charge in [0.15, 0.2) is 0 Å². The smallest absolute Gasteiger partial charge is 0.111 e. The maximum atomic E-state index is 2.30. The summed E-state index contributed by atoms with van der Waals surface area (Å²) in [7, 11) is 1.05. The molecule has 0 N–H and O–H groups in total. The Labute approximate surface area is 79.5 Å². The van der Waals surface area contributed by atoms with Crippen LogP contribution in [0.15, 0.2) is 0 Å². The summed E-state index contributed by atoms with van der Waals surface area (Å²) in [5, 5.41) is 1.02. The maximum Gasteiger partial charge on any atom is 1.00 e. The molecule has 0 aromatic carbocycles. The summed E-state index contributed by atoms with van der Waals surface area (Å²) in [6.07, 6.45) is 0. The summed E-state index contributed by atoms with van der Waals surface area (Å²) in [4.78, 5) is 0. The third kappa shape index (κ3) is 11.8. The topological polar surface area (TPSA) is 0 Å². The van der Waals surface area contributed by atoms with Gasteiger partial charge in [-0.15, -0.1) is 8.58 Å². The molecule has 0 aliphatic rings. The maximum absolute atomic E-state index is 2.30. The quantitative estimate of drug-likeness (QED) is 0.346. The van der Waals surface area contributed by atoms with E-state index in [1.807, 2.05) is 0 Å². The van der Waals surface area contributed by atoms with Crippen LogP contribution in [-0.4, -0.2) is 10.3 Å². The van der Waals surface area contributed by atoms with E-state index in [-0.39, 0.29) is 18.9 Å². The van der Waals surface area contributed by atoms with Gasteiger partial charge in [0.2, 0.25) is 0 Å². The minimum absolute atomic E-state index is 0. The summed E-state index contributed by atoms with van der Waals surface area (Å²) >= 11 is 0. The van der Waals surface area contributed by atoms with Crippen molar-refractivity contribution in [2.24, 2.45) is 0 Å². The van der Waals surface area contributed by atoms with Crippen molar-refractivity contribution in [3.05, 3.63) is 0 Å². The van der Waals surface area contributed by atoms with Crippen LogP contribution >= 0.6 is 8.58 Å². The molecule has 0 aliphatic carbocycles. The molecule has 0 heterocycles. The van der Waals surface area contributed by atoms with Crippen molar-refractivity contribution in [1.29, 1.82) is 0 Å². The molecule has 0 aliphatic heterocycles. The van der Waals surface area contributed by atoms with Gasteiger partial charge in [-0.1, -0.05) is 41.5 Å². The second-order valence-corrected chi connectivity index (χ2v) is 7.88. The third-order valence-electron chi connectivity index (χ3n) is 0.750. The molecule has 0 amide bonds. The second kappa shape index (κ2) is 4.15. The third-order valence-corrected chi connectivity index (χ3v) is 2.25. The van der Waals surface area contributed by atoms with Gasteiger partial charge >= 0.3 is 18.9 Å². The summed E-state index contributed by atoms with van der Waals surface area (Å²) in [6, 6.07) is 0. The van der Waals surface area contributed by atoms with Crippen molar-refractivity contribution >= 4 is 8.58 Å². The molecule has 0 nitrogen and oxygen atoms in total. The molecule has 0 saturated heterocycles. The molecule has 0 atom stereocenters. The number of hydrogen-bond donors (Lipinski definition) is 0. The van der Waals surface area contributed by atoms with E-state index in [1.54, 1.807) is 0 Å². The first-order chi connectivity index (χ1) is 3.71. The largest absolute Gasteiger partial charge is 1.00 e. The minimum Gasteiger partial charge on any atom is -0.111 e. The van der Waals surface area contributed by atoms with Crippen LogP contribution in [0.2, 0.25) is 0 Å². The zero-order valence-corrected chi connectivity index (χ0v) is 9.50. The first kappa shape index (κ1) is 13.6. The first-order valence-electron chi connectivity index (χ1n) is 3.50. The molecule has 0 bridgehead atoms. The molecule has 0 fully saturated rings. The van der Waals surface area contributed by atoms with E-state index in [0.717, 1.165) is 8.58 Å². The molecule has 0 rings (SSSR count). The molecule has 0 saturated carbocycles. The van der Waals surface area contributed by atoms with Crippen LogP contribution in [0.5, 0.6) is 0 Å². The monoisotopic (exact) mass is 153 g/mol. The summed E-state index contributed by atoms with van der Waals surface area (Å²) in [6.45, 7) is 13.8. The zero-order valence-electron chi connectivity index (χ0n) is 8.50. The van der Waals surface area contributed by atoms with Gasteiger partial charge in [0.05, 0.1) is 0 Å². The molecule has 0 aromatic heterocycles. The molecule has 0 unspecified atom stereocenters. The fraction of sp³-hybridized carbons (Fsp3) is 1.00. The Bertz CT molecular complexity index is 74.4. The standard InChI is InChI=1S/C8H19P.Li/c1-7(2,3)9-8(4,5)6;/h9H,1-6H3;/q;+1. The van der Waals surface area contributed by atoms with Crippen LogP contribution in [0, 0.1) is 0 Å². The normalized spacial score (nSPS) is 12.6. The van der Waals surface area contributed by atoms with Crippen molar-refractivity contribution in [2.45, 2.75) is 51.9 Å². The van der Waals surface area contributed by atoms with Crippen LogP contribution in [0.3, 0.4) is 0 Å². The Morgan fingerprint density at radius 1 is 0.700 bits per heavy atom. The van der Waals surface area contributed by atoms with Gasteiger partial charge in [-0.25, -0.2) is 0 Å². The van der Waals surface area contributed by atoms with E-state index < -0.39 is 0 Å². The number of rotatable bonds is 0. The van der Waals surface area contributed by atoms with Gasteiger partial charge in [0.25, 0.3) is 0 Å². The SMILES string of the molecule is CC(C)(C)PC(C)(C)C.[Li+]. The fourth-order valence-electron chi connectivity index (χ4n) is 1.12. The van der Waals surface area contributed by atoms with Gasteiger partial charge in [-0.3, -0.25) is 0 Å². The first-order valence-corrected chi connectivity index (χ1v) is 4.50. The predicted molar refractivity (Wildman–Crippen MR) is 47.8 cm³/mol. The number of hydrogen-bond acceptors (Lipinski definition) is 0. The van der Waals surface area contributed by atoms with Crippen molar-refractivity contribution in [3.63, 3.8) is 0 Å². The molecule has 2 heteroatoms. The Morgan fingerprint density at radius 2 is 0.900 bits per heavy atom. The van der Waals surface area contributed by atoms with E-state index in [4.69, 9.17) is 0 Å². The molecule has 0 aromatic rings. The van der Waals surface area contributed by atoms with E-state index in [1.165, 1.54) is 0 Å². The van der Waals surface area contributed by atoms with Crippen molar-refractivity contribution in [2.75, 3.05) is 0 Å². The van der Waals surface area contributed by atoms with Gasteiger partial charge in [0.1, 0.15) is 0 Å². The van der Waals surface area contributed by atoms with Crippen LogP contribution in [0.1, 0.15) is 41.5 Å². The van der Waals surface area contributed by atoms with Gasteiger partial charge in [0, 0.05) is 0 Å². The Balaban J connectivity index is 0. The Morgan fingerprint density at radius 3 is 0.900 bits per heavy atom. The molecular formula is C8H19LiP+. The molecule has 56 valence electrons. The van der Waals surface area contributed by atoms with E-state index in [9.17, 15) is 0 Å². The zero-order chi connectivity index (χ0) is 7.71. The summed E-state index contributed by atoms with van der Waals surface area (Å²) < 4.78 is 0. The summed E-state index contributed by atoms with van der Waals surface area (Å²) in [5.74, 6) is 0. The average Bonchev–Trinajstić information content (AvgIpc) is 1.14. The van der Waals surface area contributed by atoms with E-state index in [0.29, 0.717) is 10.3 Å². The van der Waals surface area contributed by atoms with Gasteiger partial charge in [-0.05, 0) is 10.3 Å². The molecule has 0 spiro atoms. The second-order valence-electron chi connectivity index (χ2n) is 4.62. The molecule has 0 radical (unpaired) electrons. The van der Waals surface area contributed by atoms with Crippen molar-refractivity contribution in [3.8, 4) is 0 Å². The van der Waals surface area contributed by atoms with Crippen molar-refractivity contribution in [1.82, 2.24) is 0 Å².